The largest absolute Gasteiger partial charge is 0.342 e. The van der Waals surface area contributed by atoms with E-state index >= 15 is 0 Å². The Morgan fingerprint density at radius 2 is 1.57 bits per heavy atom. The maximum absolute atomic E-state index is 12.6. The molecule has 1 saturated heterocycles. The molecule has 0 aromatic rings. The van der Waals surface area contributed by atoms with E-state index in [4.69, 9.17) is 0 Å². The Labute approximate surface area is 125 Å². The lowest BCUT2D eigenvalue weighted by Crippen LogP contribution is -2.43. The van der Waals surface area contributed by atoms with Gasteiger partial charge in [0.05, 0.1) is 11.8 Å². The molecular formula is C16H22N2O3. The van der Waals surface area contributed by atoms with Gasteiger partial charge in [-0.1, -0.05) is 12.2 Å². The molecule has 3 aliphatic carbocycles. The van der Waals surface area contributed by atoms with Crippen LogP contribution in [-0.4, -0.2) is 47.2 Å². The summed E-state index contributed by atoms with van der Waals surface area (Å²) in [6, 6.07) is 0. The molecule has 1 heterocycles. The van der Waals surface area contributed by atoms with Gasteiger partial charge in [-0.2, -0.15) is 0 Å². The summed E-state index contributed by atoms with van der Waals surface area (Å²) in [5, 5.41) is 0. The average Bonchev–Trinajstić information content (AvgIpc) is 2.77. The van der Waals surface area contributed by atoms with E-state index in [0.29, 0.717) is 13.1 Å². The smallest absolute Gasteiger partial charge is 0.242 e. The van der Waals surface area contributed by atoms with Crippen LogP contribution in [0.4, 0.5) is 0 Å². The summed E-state index contributed by atoms with van der Waals surface area (Å²) in [4.78, 5) is 40.2. The van der Waals surface area contributed by atoms with Gasteiger partial charge < -0.3 is 4.90 Å². The molecule has 0 aromatic carbocycles. The molecule has 21 heavy (non-hydrogen) atoms. The van der Waals surface area contributed by atoms with Crippen LogP contribution in [0.3, 0.4) is 0 Å². The van der Waals surface area contributed by atoms with E-state index in [1.807, 2.05) is 13.8 Å². The number of likely N-dealkylation sites (N-methyl/N-ethyl adjacent to an activating group) is 1. The van der Waals surface area contributed by atoms with Crippen LogP contribution >= 0.6 is 0 Å². The van der Waals surface area contributed by atoms with E-state index in [-0.39, 0.29) is 47.9 Å². The molecule has 5 heteroatoms. The Balaban J connectivity index is 1.78. The summed E-state index contributed by atoms with van der Waals surface area (Å²) in [6.45, 7) is 4.92. The van der Waals surface area contributed by atoms with Crippen LogP contribution in [0, 0.1) is 23.7 Å². The lowest BCUT2D eigenvalue weighted by atomic mass is 9.63. The van der Waals surface area contributed by atoms with Gasteiger partial charge in [-0.25, -0.2) is 0 Å². The summed E-state index contributed by atoms with van der Waals surface area (Å²) < 4.78 is 0. The highest BCUT2D eigenvalue weighted by atomic mass is 16.2. The third-order valence-corrected chi connectivity index (χ3v) is 5.26. The number of fused-ring (bicyclic) bond motifs is 1. The van der Waals surface area contributed by atoms with Crippen molar-refractivity contribution in [3.63, 3.8) is 0 Å². The second-order valence-corrected chi connectivity index (χ2v) is 6.17. The molecule has 0 aromatic heterocycles. The first kappa shape index (κ1) is 14.3. The van der Waals surface area contributed by atoms with E-state index in [1.165, 1.54) is 4.90 Å². The fraction of sp³-hybridized carbons (Fsp3) is 0.688. The van der Waals surface area contributed by atoms with Crippen molar-refractivity contribution in [2.75, 3.05) is 19.6 Å². The number of allylic oxidation sites excluding steroid dienone is 2. The van der Waals surface area contributed by atoms with Crippen molar-refractivity contribution in [2.45, 2.75) is 26.7 Å². The van der Waals surface area contributed by atoms with Gasteiger partial charge in [-0.05, 0) is 38.5 Å². The maximum atomic E-state index is 12.6. The van der Waals surface area contributed by atoms with Crippen LogP contribution in [0.25, 0.3) is 0 Å². The lowest BCUT2D eigenvalue weighted by Gasteiger charge is -2.38. The standard InChI is InChI=1S/C16H22N2O3/c1-3-17(4-2)12(19)9-18-15(20)13-10-5-6-11(8-7-10)14(13)16(18)21/h5-6,10-11,13-14H,3-4,7-9H2,1-2H3/t10-,11-,13+,14+/m0/s1. The predicted octanol–water partition coefficient (Wildman–Crippen LogP) is 1.05. The van der Waals surface area contributed by atoms with Crippen molar-refractivity contribution >= 4 is 17.7 Å². The highest BCUT2D eigenvalue weighted by molar-refractivity contribution is 6.08. The van der Waals surface area contributed by atoms with Gasteiger partial charge in [-0.3, -0.25) is 19.3 Å². The minimum absolute atomic E-state index is 0.0915. The van der Waals surface area contributed by atoms with E-state index in [0.717, 1.165) is 12.8 Å². The topological polar surface area (TPSA) is 57.7 Å². The van der Waals surface area contributed by atoms with Crippen molar-refractivity contribution in [3.8, 4) is 0 Å². The van der Waals surface area contributed by atoms with Crippen molar-refractivity contribution in [1.82, 2.24) is 9.80 Å². The zero-order valence-corrected chi connectivity index (χ0v) is 12.6. The minimum Gasteiger partial charge on any atom is -0.342 e. The molecule has 0 unspecified atom stereocenters. The van der Waals surface area contributed by atoms with Gasteiger partial charge in [0.15, 0.2) is 0 Å². The molecule has 4 rings (SSSR count). The minimum atomic E-state index is -0.217. The lowest BCUT2D eigenvalue weighted by molar-refractivity contribution is -0.146. The monoisotopic (exact) mass is 290 g/mol. The van der Waals surface area contributed by atoms with E-state index in [2.05, 4.69) is 12.2 Å². The summed E-state index contributed by atoms with van der Waals surface area (Å²) in [7, 11) is 0. The molecule has 1 aliphatic heterocycles. The number of hydrogen-bond donors (Lipinski definition) is 0. The van der Waals surface area contributed by atoms with Gasteiger partial charge in [0.2, 0.25) is 17.7 Å². The number of carbonyl (C=O) groups is 3. The summed E-state index contributed by atoms with van der Waals surface area (Å²) >= 11 is 0. The third-order valence-electron chi connectivity index (χ3n) is 5.26. The highest BCUT2D eigenvalue weighted by Crippen LogP contribution is 2.49. The normalized spacial score (nSPS) is 33.5. The molecule has 0 radical (unpaired) electrons. The second-order valence-electron chi connectivity index (χ2n) is 6.17. The zero-order chi connectivity index (χ0) is 15.1. The van der Waals surface area contributed by atoms with Crippen LogP contribution in [-0.2, 0) is 14.4 Å². The maximum Gasteiger partial charge on any atom is 0.242 e. The molecule has 0 N–H and O–H groups in total. The van der Waals surface area contributed by atoms with Gasteiger partial charge in [0, 0.05) is 13.1 Å². The quantitative estimate of drug-likeness (QED) is 0.574. The average molecular weight is 290 g/mol. The number of likely N-dealkylation sites (tertiary alicyclic amines) is 1. The van der Waals surface area contributed by atoms with Crippen LogP contribution < -0.4 is 0 Å². The van der Waals surface area contributed by atoms with E-state index in [1.54, 1.807) is 4.90 Å². The van der Waals surface area contributed by atoms with Crippen molar-refractivity contribution in [1.29, 1.82) is 0 Å². The van der Waals surface area contributed by atoms with Crippen LogP contribution in [0.1, 0.15) is 26.7 Å². The molecule has 3 amide bonds. The number of rotatable bonds is 4. The summed E-state index contributed by atoms with van der Waals surface area (Å²) in [5.74, 6) is -0.471. The Hall–Kier alpha value is -1.65. The zero-order valence-electron chi connectivity index (χ0n) is 12.6. The Morgan fingerprint density at radius 3 is 1.95 bits per heavy atom. The molecular weight excluding hydrogens is 268 g/mol. The number of nitrogens with zero attached hydrogens (tertiary/aromatic N) is 2. The van der Waals surface area contributed by atoms with Gasteiger partial charge in [0.25, 0.3) is 0 Å². The number of imide groups is 1. The highest BCUT2D eigenvalue weighted by Gasteiger charge is 2.56. The van der Waals surface area contributed by atoms with Gasteiger partial charge in [0.1, 0.15) is 6.54 Å². The number of amides is 3. The van der Waals surface area contributed by atoms with Crippen LogP contribution in [0.15, 0.2) is 12.2 Å². The first-order valence-electron chi connectivity index (χ1n) is 7.89. The molecule has 2 bridgehead atoms. The van der Waals surface area contributed by atoms with Crippen molar-refractivity contribution < 1.29 is 14.4 Å². The Kier molecular flexibility index (Phi) is 3.59. The number of carbonyl (C=O) groups excluding carboxylic acids is 3. The molecule has 5 nitrogen and oxygen atoms in total. The second kappa shape index (κ2) is 5.28. The Morgan fingerprint density at radius 1 is 1.10 bits per heavy atom. The summed E-state index contributed by atoms with van der Waals surface area (Å²) in [6.07, 6.45) is 6.16. The Bertz CT molecular complexity index is 478. The van der Waals surface area contributed by atoms with Gasteiger partial charge in [-0.15, -0.1) is 0 Å². The SMILES string of the molecule is CCN(CC)C(=O)CN1C(=O)[C@H]2[C@H](C1=O)[C@H]1C=C[C@H]2CC1. The summed E-state index contributed by atoms with van der Waals surface area (Å²) in [5.41, 5.74) is 0. The first-order valence-corrected chi connectivity index (χ1v) is 7.89. The van der Waals surface area contributed by atoms with Crippen molar-refractivity contribution in [3.05, 3.63) is 12.2 Å². The molecule has 1 saturated carbocycles. The fourth-order valence-corrected chi connectivity index (χ4v) is 4.10. The molecule has 2 fully saturated rings. The predicted molar refractivity (Wildman–Crippen MR) is 77.0 cm³/mol. The van der Waals surface area contributed by atoms with Crippen LogP contribution in [0.2, 0.25) is 0 Å². The van der Waals surface area contributed by atoms with Crippen LogP contribution in [0.5, 0.6) is 0 Å². The van der Waals surface area contributed by atoms with Crippen molar-refractivity contribution in [2.24, 2.45) is 23.7 Å². The molecule has 4 atom stereocenters. The van der Waals surface area contributed by atoms with E-state index < -0.39 is 0 Å². The van der Waals surface area contributed by atoms with E-state index in [9.17, 15) is 14.4 Å². The van der Waals surface area contributed by atoms with Gasteiger partial charge >= 0.3 is 0 Å². The third kappa shape index (κ3) is 2.10. The number of hydrogen-bond acceptors (Lipinski definition) is 3. The first-order chi connectivity index (χ1) is 10.1. The molecule has 0 spiro atoms. The fourth-order valence-electron chi connectivity index (χ4n) is 4.10. The molecule has 114 valence electrons. The molecule has 4 aliphatic rings.